The highest BCUT2D eigenvalue weighted by molar-refractivity contribution is 5.38. The first-order valence-electron chi connectivity index (χ1n) is 6.38. The fourth-order valence-corrected chi connectivity index (χ4v) is 1.39. The number of unbranched alkanes of at least 4 members (excludes halogenated alkanes) is 1. The molecule has 4 nitrogen and oxygen atoms in total. The SMILES string of the molecule is CCCC(O)O.CCCCc1ccc(O)cc1O. The minimum atomic E-state index is -1.10. The molecule has 0 unspecified atom stereocenters. The first-order chi connectivity index (χ1) is 8.51. The Kier molecular flexibility index (Phi) is 9.06. The Labute approximate surface area is 109 Å². The van der Waals surface area contributed by atoms with E-state index >= 15 is 0 Å². The van der Waals surface area contributed by atoms with Gasteiger partial charge in [0.1, 0.15) is 11.5 Å². The number of aliphatic hydroxyl groups is 2. The highest BCUT2D eigenvalue weighted by Gasteiger charge is 2.00. The molecule has 1 aromatic carbocycles. The molecular weight excluding hydrogens is 232 g/mol. The lowest BCUT2D eigenvalue weighted by Gasteiger charge is -2.03. The maximum absolute atomic E-state index is 9.36. The lowest BCUT2D eigenvalue weighted by Crippen LogP contribution is -2.01. The van der Waals surface area contributed by atoms with Crippen molar-refractivity contribution in [3.8, 4) is 11.5 Å². The molecule has 0 saturated heterocycles. The van der Waals surface area contributed by atoms with Crippen molar-refractivity contribution >= 4 is 0 Å². The van der Waals surface area contributed by atoms with Crippen LogP contribution in [0.25, 0.3) is 0 Å². The standard InChI is InChI=1S/C10H14O2.C4H10O2/c1-2-3-4-8-5-6-9(11)7-10(8)12;1-2-3-4(5)6/h5-7,11-12H,2-4H2,1H3;4-6H,2-3H2,1H3. The van der Waals surface area contributed by atoms with Crippen molar-refractivity contribution in [2.24, 2.45) is 0 Å². The molecule has 4 heteroatoms. The van der Waals surface area contributed by atoms with Crippen molar-refractivity contribution < 1.29 is 20.4 Å². The number of aromatic hydroxyl groups is 2. The van der Waals surface area contributed by atoms with Gasteiger partial charge in [-0.25, -0.2) is 0 Å². The van der Waals surface area contributed by atoms with Gasteiger partial charge in [0.2, 0.25) is 0 Å². The van der Waals surface area contributed by atoms with Gasteiger partial charge < -0.3 is 20.4 Å². The molecule has 4 N–H and O–H groups in total. The van der Waals surface area contributed by atoms with Gasteiger partial charge in [-0.05, 0) is 30.9 Å². The predicted octanol–water partition coefficient (Wildman–Crippen LogP) is 2.54. The molecule has 0 spiro atoms. The number of hydrogen-bond acceptors (Lipinski definition) is 4. The van der Waals surface area contributed by atoms with E-state index in [0.29, 0.717) is 6.42 Å². The van der Waals surface area contributed by atoms with Crippen molar-refractivity contribution in [2.75, 3.05) is 0 Å². The molecule has 0 saturated carbocycles. The highest BCUT2D eigenvalue weighted by Crippen LogP contribution is 2.23. The van der Waals surface area contributed by atoms with Crippen LogP contribution >= 0.6 is 0 Å². The van der Waals surface area contributed by atoms with E-state index in [1.165, 1.54) is 6.07 Å². The summed E-state index contributed by atoms with van der Waals surface area (Å²) >= 11 is 0. The molecule has 0 atom stereocenters. The second-order valence-corrected chi connectivity index (χ2v) is 4.19. The molecule has 18 heavy (non-hydrogen) atoms. The zero-order valence-electron chi connectivity index (χ0n) is 11.1. The number of aryl methyl sites for hydroxylation is 1. The van der Waals surface area contributed by atoms with Gasteiger partial charge in [-0.15, -0.1) is 0 Å². The summed E-state index contributed by atoms with van der Waals surface area (Å²) in [7, 11) is 0. The van der Waals surface area contributed by atoms with Crippen molar-refractivity contribution in [3.63, 3.8) is 0 Å². The Hall–Kier alpha value is -1.26. The van der Waals surface area contributed by atoms with Crippen LogP contribution in [0.2, 0.25) is 0 Å². The molecule has 0 heterocycles. The van der Waals surface area contributed by atoms with E-state index in [1.54, 1.807) is 12.1 Å². The smallest absolute Gasteiger partial charge is 0.151 e. The van der Waals surface area contributed by atoms with Crippen LogP contribution < -0.4 is 0 Å². The average Bonchev–Trinajstić information content (AvgIpc) is 2.28. The van der Waals surface area contributed by atoms with E-state index in [-0.39, 0.29) is 11.5 Å². The minimum Gasteiger partial charge on any atom is -0.508 e. The Morgan fingerprint density at radius 3 is 2.11 bits per heavy atom. The second kappa shape index (κ2) is 9.74. The van der Waals surface area contributed by atoms with Crippen LogP contribution in [-0.2, 0) is 6.42 Å². The second-order valence-electron chi connectivity index (χ2n) is 4.19. The number of benzene rings is 1. The van der Waals surface area contributed by atoms with Crippen LogP contribution in [0.5, 0.6) is 11.5 Å². The van der Waals surface area contributed by atoms with E-state index in [2.05, 4.69) is 6.92 Å². The summed E-state index contributed by atoms with van der Waals surface area (Å²) in [6, 6.07) is 4.75. The molecular formula is C14H24O4. The maximum atomic E-state index is 9.36. The first kappa shape index (κ1) is 16.7. The van der Waals surface area contributed by atoms with Crippen molar-refractivity contribution in [2.45, 2.75) is 52.2 Å². The summed E-state index contributed by atoms with van der Waals surface area (Å²) in [5.74, 6) is 0.316. The average molecular weight is 256 g/mol. The lowest BCUT2D eigenvalue weighted by atomic mass is 10.1. The summed E-state index contributed by atoms with van der Waals surface area (Å²) in [4.78, 5) is 0. The van der Waals surface area contributed by atoms with Crippen LogP contribution in [0.3, 0.4) is 0 Å². The van der Waals surface area contributed by atoms with E-state index in [0.717, 1.165) is 31.2 Å². The van der Waals surface area contributed by atoms with Gasteiger partial charge >= 0.3 is 0 Å². The van der Waals surface area contributed by atoms with Crippen LogP contribution in [0.1, 0.15) is 45.1 Å². The topological polar surface area (TPSA) is 80.9 Å². The molecule has 0 fully saturated rings. The molecule has 1 rings (SSSR count). The number of phenols is 2. The number of phenolic OH excluding ortho intramolecular Hbond substituents is 2. The number of hydrogen-bond donors (Lipinski definition) is 4. The van der Waals surface area contributed by atoms with Gasteiger partial charge in [0.25, 0.3) is 0 Å². The Morgan fingerprint density at radius 2 is 1.72 bits per heavy atom. The zero-order chi connectivity index (χ0) is 14.0. The summed E-state index contributed by atoms with van der Waals surface area (Å²) in [5, 5.41) is 34.6. The van der Waals surface area contributed by atoms with Crippen molar-refractivity contribution in [3.05, 3.63) is 23.8 Å². The molecule has 0 radical (unpaired) electrons. The molecule has 0 bridgehead atoms. The van der Waals surface area contributed by atoms with Gasteiger partial charge in [-0.3, -0.25) is 0 Å². The van der Waals surface area contributed by atoms with Crippen molar-refractivity contribution in [1.29, 1.82) is 0 Å². The van der Waals surface area contributed by atoms with Gasteiger partial charge in [0.05, 0.1) is 0 Å². The normalized spacial score (nSPS) is 10.1. The third-order valence-electron chi connectivity index (χ3n) is 2.42. The van der Waals surface area contributed by atoms with Gasteiger partial charge in [-0.1, -0.05) is 32.8 Å². The number of aliphatic hydroxyl groups excluding tert-OH is 1. The Bertz CT molecular complexity index is 324. The summed E-state index contributed by atoms with van der Waals surface area (Å²) in [6.45, 7) is 4.01. The summed E-state index contributed by atoms with van der Waals surface area (Å²) < 4.78 is 0. The lowest BCUT2D eigenvalue weighted by molar-refractivity contribution is -0.0453. The molecule has 0 aromatic heterocycles. The molecule has 104 valence electrons. The Morgan fingerprint density at radius 1 is 1.06 bits per heavy atom. The van der Waals surface area contributed by atoms with Gasteiger partial charge in [-0.2, -0.15) is 0 Å². The fourth-order valence-electron chi connectivity index (χ4n) is 1.39. The highest BCUT2D eigenvalue weighted by atomic mass is 16.5. The van der Waals surface area contributed by atoms with Crippen LogP contribution in [0.15, 0.2) is 18.2 Å². The minimum absolute atomic E-state index is 0.118. The zero-order valence-corrected chi connectivity index (χ0v) is 11.1. The summed E-state index contributed by atoms with van der Waals surface area (Å²) in [6.07, 6.45) is 3.27. The molecule has 1 aromatic rings. The Balaban J connectivity index is 0.000000411. The molecule has 0 amide bonds. The fraction of sp³-hybridized carbons (Fsp3) is 0.571. The predicted molar refractivity (Wildman–Crippen MR) is 71.5 cm³/mol. The molecule has 0 aliphatic heterocycles. The molecule has 0 aliphatic rings. The van der Waals surface area contributed by atoms with E-state index in [9.17, 15) is 5.11 Å². The van der Waals surface area contributed by atoms with Gasteiger partial charge in [0.15, 0.2) is 6.29 Å². The monoisotopic (exact) mass is 256 g/mol. The van der Waals surface area contributed by atoms with Crippen LogP contribution in [0, 0.1) is 0 Å². The van der Waals surface area contributed by atoms with E-state index in [1.807, 2.05) is 6.92 Å². The summed E-state index contributed by atoms with van der Waals surface area (Å²) in [5.41, 5.74) is 0.912. The van der Waals surface area contributed by atoms with E-state index < -0.39 is 6.29 Å². The third-order valence-corrected chi connectivity index (χ3v) is 2.42. The van der Waals surface area contributed by atoms with Crippen LogP contribution in [-0.4, -0.2) is 26.7 Å². The third kappa shape index (κ3) is 7.92. The molecule has 0 aliphatic carbocycles. The van der Waals surface area contributed by atoms with Crippen molar-refractivity contribution in [1.82, 2.24) is 0 Å². The van der Waals surface area contributed by atoms with Gasteiger partial charge in [0, 0.05) is 6.07 Å². The first-order valence-corrected chi connectivity index (χ1v) is 6.38. The number of rotatable bonds is 5. The quantitative estimate of drug-likeness (QED) is 0.610. The van der Waals surface area contributed by atoms with E-state index in [4.69, 9.17) is 15.3 Å². The maximum Gasteiger partial charge on any atom is 0.151 e. The van der Waals surface area contributed by atoms with Crippen LogP contribution in [0.4, 0.5) is 0 Å². The largest absolute Gasteiger partial charge is 0.508 e.